The molecular formula is C18H16F2N2O2. The second kappa shape index (κ2) is 6.23. The van der Waals surface area contributed by atoms with Gasteiger partial charge in [-0.15, -0.1) is 0 Å². The molecule has 0 aliphatic rings. The number of aromatic hydroxyl groups is 1. The van der Waals surface area contributed by atoms with E-state index in [-0.39, 0.29) is 17.3 Å². The second-order valence-corrected chi connectivity index (χ2v) is 5.28. The molecule has 124 valence electrons. The summed E-state index contributed by atoms with van der Waals surface area (Å²) in [5.74, 6) is -0.875. The minimum Gasteiger partial charge on any atom is -0.505 e. The first-order chi connectivity index (χ1) is 11.5. The number of benzene rings is 2. The maximum Gasteiger partial charge on any atom is 0.174 e. The van der Waals surface area contributed by atoms with Gasteiger partial charge in [0.05, 0.1) is 12.6 Å². The average Bonchev–Trinajstić information content (AvgIpc) is 3.20. The van der Waals surface area contributed by atoms with Crippen LogP contribution in [0.2, 0.25) is 0 Å². The lowest BCUT2D eigenvalue weighted by Gasteiger charge is -2.00. The molecule has 0 aliphatic carbocycles. The van der Waals surface area contributed by atoms with Gasteiger partial charge < -0.3 is 19.4 Å². The van der Waals surface area contributed by atoms with Crippen molar-refractivity contribution in [3.63, 3.8) is 0 Å². The summed E-state index contributed by atoms with van der Waals surface area (Å²) in [6.45, 7) is 0. The van der Waals surface area contributed by atoms with Gasteiger partial charge in [0.2, 0.25) is 0 Å². The van der Waals surface area contributed by atoms with E-state index < -0.39 is 5.82 Å². The van der Waals surface area contributed by atoms with Gasteiger partial charge in [0, 0.05) is 35.7 Å². The Morgan fingerprint density at radius 2 is 1.79 bits per heavy atom. The van der Waals surface area contributed by atoms with Crippen molar-refractivity contribution in [3.05, 3.63) is 60.4 Å². The third kappa shape index (κ3) is 2.67. The molecule has 2 aromatic heterocycles. The van der Waals surface area contributed by atoms with E-state index in [9.17, 15) is 8.78 Å². The predicted molar refractivity (Wildman–Crippen MR) is 89.4 cm³/mol. The van der Waals surface area contributed by atoms with E-state index in [2.05, 4.69) is 4.98 Å². The second-order valence-electron chi connectivity index (χ2n) is 5.28. The SMILES string of the molecule is COc1ccc2[nH]ccc2c1F.Cn1ccc2c(F)c(O)ccc21. The number of methoxy groups -OCH3 is 1. The van der Waals surface area contributed by atoms with Crippen LogP contribution in [0.25, 0.3) is 21.8 Å². The number of phenols is 1. The van der Waals surface area contributed by atoms with Gasteiger partial charge in [-0.05, 0) is 36.4 Å². The summed E-state index contributed by atoms with van der Waals surface area (Å²) in [5.41, 5.74) is 1.57. The van der Waals surface area contributed by atoms with Crippen molar-refractivity contribution >= 4 is 21.8 Å². The lowest BCUT2D eigenvalue weighted by Crippen LogP contribution is -1.87. The zero-order valence-corrected chi connectivity index (χ0v) is 13.2. The van der Waals surface area contributed by atoms with Gasteiger partial charge in [-0.25, -0.2) is 8.78 Å². The molecule has 24 heavy (non-hydrogen) atoms. The third-order valence-electron chi connectivity index (χ3n) is 3.83. The van der Waals surface area contributed by atoms with E-state index >= 15 is 0 Å². The van der Waals surface area contributed by atoms with E-state index in [1.165, 1.54) is 13.2 Å². The van der Waals surface area contributed by atoms with Gasteiger partial charge in [0.25, 0.3) is 0 Å². The van der Waals surface area contributed by atoms with Gasteiger partial charge in [-0.3, -0.25) is 0 Å². The Hall–Kier alpha value is -3.02. The summed E-state index contributed by atoms with van der Waals surface area (Å²) in [5, 5.41) is 10.1. The van der Waals surface area contributed by atoms with E-state index in [0.29, 0.717) is 10.8 Å². The highest BCUT2D eigenvalue weighted by Crippen LogP contribution is 2.26. The number of hydrogen-bond acceptors (Lipinski definition) is 2. The maximum atomic E-state index is 13.4. The number of halogens is 2. The Labute approximate surface area is 136 Å². The predicted octanol–water partition coefficient (Wildman–Crippen LogP) is 4.34. The van der Waals surface area contributed by atoms with Crippen molar-refractivity contribution in [2.45, 2.75) is 0 Å². The molecule has 0 radical (unpaired) electrons. The summed E-state index contributed by atoms with van der Waals surface area (Å²) in [6.07, 6.45) is 3.46. The Morgan fingerprint density at radius 1 is 1.00 bits per heavy atom. The lowest BCUT2D eigenvalue weighted by atomic mass is 10.2. The number of aromatic amines is 1. The molecule has 0 aliphatic heterocycles. The van der Waals surface area contributed by atoms with Crippen LogP contribution in [0.4, 0.5) is 8.78 Å². The molecule has 4 rings (SSSR count). The van der Waals surface area contributed by atoms with E-state index in [4.69, 9.17) is 9.84 Å². The quantitative estimate of drug-likeness (QED) is 0.545. The van der Waals surface area contributed by atoms with Crippen molar-refractivity contribution in [2.75, 3.05) is 7.11 Å². The van der Waals surface area contributed by atoms with Crippen LogP contribution in [0, 0.1) is 11.6 Å². The first-order valence-corrected chi connectivity index (χ1v) is 7.25. The van der Waals surface area contributed by atoms with Crippen molar-refractivity contribution in [2.24, 2.45) is 7.05 Å². The molecule has 0 amide bonds. The Bertz CT molecular complexity index is 1010. The number of ether oxygens (including phenoxy) is 1. The van der Waals surface area contributed by atoms with Gasteiger partial charge in [-0.1, -0.05) is 0 Å². The average molecular weight is 330 g/mol. The molecule has 0 saturated heterocycles. The normalized spacial score (nSPS) is 10.7. The first-order valence-electron chi connectivity index (χ1n) is 7.25. The zero-order valence-electron chi connectivity index (χ0n) is 13.2. The van der Waals surface area contributed by atoms with Crippen molar-refractivity contribution in [1.82, 2.24) is 9.55 Å². The van der Waals surface area contributed by atoms with Crippen LogP contribution >= 0.6 is 0 Å². The molecule has 0 saturated carbocycles. The molecule has 0 atom stereocenters. The minimum absolute atomic E-state index is 0.280. The van der Waals surface area contributed by atoms with Gasteiger partial charge in [0.15, 0.2) is 23.1 Å². The van der Waals surface area contributed by atoms with Crippen LogP contribution in [0.1, 0.15) is 0 Å². The van der Waals surface area contributed by atoms with Crippen molar-refractivity contribution in [1.29, 1.82) is 0 Å². The van der Waals surface area contributed by atoms with Gasteiger partial charge in [-0.2, -0.15) is 0 Å². The molecular weight excluding hydrogens is 314 g/mol. The summed E-state index contributed by atoms with van der Waals surface area (Å²) < 4.78 is 33.1. The molecule has 0 unspecified atom stereocenters. The fraction of sp³-hybridized carbons (Fsp3) is 0.111. The lowest BCUT2D eigenvalue weighted by molar-refractivity contribution is 0.389. The number of H-pyrrole nitrogens is 1. The molecule has 2 heterocycles. The highest BCUT2D eigenvalue weighted by molar-refractivity contribution is 5.82. The smallest absolute Gasteiger partial charge is 0.174 e. The monoisotopic (exact) mass is 330 g/mol. The molecule has 6 heteroatoms. The molecule has 4 nitrogen and oxygen atoms in total. The number of fused-ring (bicyclic) bond motifs is 2. The van der Waals surface area contributed by atoms with Crippen molar-refractivity contribution < 1.29 is 18.6 Å². The summed E-state index contributed by atoms with van der Waals surface area (Å²) in [4.78, 5) is 2.92. The van der Waals surface area contributed by atoms with E-state index in [0.717, 1.165) is 11.0 Å². The van der Waals surface area contributed by atoms with Crippen LogP contribution in [0.5, 0.6) is 11.5 Å². The summed E-state index contributed by atoms with van der Waals surface area (Å²) in [7, 11) is 3.29. The first kappa shape index (κ1) is 15.9. The number of aromatic nitrogens is 2. The molecule has 2 aromatic carbocycles. The molecule has 4 aromatic rings. The summed E-state index contributed by atoms with van der Waals surface area (Å²) in [6, 6.07) is 9.77. The van der Waals surface area contributed by atoms with Crippen molar-refractivity contribution in [3.8, 4) is 11.5 Å². The largest absolute Gasteiger partial charge is 0.505 e. The molecule has 0 bridgehead atoms. The maximum absolute atomic E-state index is 13.4. The number of nitrogens with zero attached hydrogens (tertiary/aromatic N) is 1. The van der Waals surface area contributed by atoms with Crippen LogP contribution < -0.4 is 4.74 Å². The zero-order chi connectivity index (χ0) is 17.3. The van der Waals surface area contributed by atoms with Crippen LogP contribution in [-0.4, -0.2) is 21.8 Å². The van der Waals surface area contributed by atoms with Crippen LogP contribution in [-0.2, 0) is 7.05 Å². The number of nitrogens with one attached hydrogen (secondary N) is 1. The molecule has 2 N–H and O–H groups in total. The Morgan fingerprint density at radius 3 is 2.54 bits per heavy atom. The highest BCUT2D eigenvalue weighted by Gasteiger charge is 2.08. The van der Waals surface area contributed by atoms with Gasteiger partial charge in [0.1, 0.15) is 0 Å². The minimum atomic E-state index is -0.548. The fourth-order valence-electron chi connectivity index (χ4n) is 2.54. The van der Waals surface area contributed by atoms with E-state index in [1.807, 2.05) is 7.05 Å². The van der Waals surface area contributed by atoms with Crippen LogP contribution in [0.15, 0.2) is 48.8 Å². The summed E-state index contributed by atoms with van der Waals surface area (Å²) >= 11 is 0. The fourth-order valence-corrected chi connectivity index (χ4v) is 2.54. The number of phenolic OH excluding ortho intramolecular Hbond substituents is 1. The number of aryl methyl sites for hydroxylation is 1. The van der Waals surface area contributed by atoms with Crippen LogP contribution in [0.3, 0.4) is 0 Å². The molecule has 0 spiro atoms. The number of rotatable bonds is 1. The highest BCUT2D eigenvalue weighted by atomic mass is 19.1. The Kier molecular flexibility index (Phi) is 4.12. The van der Waals surface area contributed by atoms with E-state index in [1.54, 1.807) is 47.3 Å². The van der Waals surface area contributed by atoms with Gasteiger partial charge >= 0.3 is 0 Å². The standard InChI is InChI=1S/2C9H8FNO/c1-12-8-3-2-7-6(9(8)10)4-5-11-7;1-11-5-4-6-7(11)2-3-8(12)9(6)10/h2-5,11H,1H3;2-5,12H,1H3. The topological polar surface area (TPSA) is 50.2 Å². The Balaban J connectivity index is 0.000000141. The number of hydrogen-bond donors (Lipinski definition) is 2. The third-order valence-corrected chi connectivity index (χ3v) is 3.83. The molecule has 0 fully saturated rings.